The molecule has 2 atom stereocenters. The lowest BCUT2D eigenvalue weighted by Crippen LogP contribution is -2.51. The second-order valence-corrected chi connectivity index (χ2v) is 5.17. The number of ether oxygens (including phenoxy) is 1. The van der Waals surface area contributed by atoms with E-state index in [1.807, 2.05) is 0 Å². The highest BCUT2D eigenvalue weighted by molar-refractivity contribution is 6.33. The van der Waals surface area contributed by atoms with Crippen LogP contribution in [-0.4, -0.2) is 42.6 Å². The minimum Gasteiger partial charge on any atom is -0.373 e. The van der Waals surface area contributed by atoms with Gasteiger partial charge in [-0.15, -0.1) is 12.4 Å². The predicted molar refractivity (Wildman–Crippen MR) is 77.9 cm³/mol. The van der Waals surface area contributed by atoms with Crippen molar-refractivity contribution in [1.82, 2.24) is 4.90 Å². The van der Waals surface area contributed by atoms with Gasteiger partial charge in [0.25, 0.3) is 5.91 Å². The van der Waals surface area contributed by atoms with E-state index in [1.54, 1.807) is 6.92 Å². The number of nitrogens with zero attached hydrogens (tertiary/aromatic N) is 1. The lowest BCUT2D eigenvalue weighted by Gasteiger charge is -2.34. The number of nitrogens with two attached hydrogens (primary N) is 1. The molecule has 1 saturated heterocycles. The monoisotopic (exact) mass is 340 g/mol. The van der Waals surface area contributed by atoms with Gasteiger partial charge in [-0.05, 0) is 19.1 Å². The highest BCUT2D eigenvalue weighted by atomic mass is 35.5. The summed E-state index contributed by atoms with van der Waals surface area (Å²) in [5, 5.41) is -0.113. The summed E-state index contributed by atoms with van der Waals surface area (Å²) < 4.78 is 31.7. The Morgan fingerprint density at radius 2 is 2.10 bits per heavy atom. The van der Waals surface area contributed by atoms with E-state index in [0.29, 0.717) is 19.7 Å². The fraction of sp³-hybridized carbons (Fsp3) is 0.462. The van der Waals surface area contributed by atoms with Crippen LogP contribution < -0.4 is 5.73 Å². The van der Waals surface area contributed by atoms with Crippen LogP contribution >= 0.6 is 24.0 Å². The third kappa shape index (κ3) is 4.03. The van der Waals surface area contributed by atoms with Crippen molar-refractivity contribution in [2.75, 3.05) is 19.7 Å². The van der Waals surface area contributed by atoms with E-state index in [9.17, 15) is 13.6 Å². The average molecular weight is 341 g/mol. The maximum Gasteiger partial charge on any atom is 0.255 e. The first-order chi connectivity index (χ1) is 9.40. The summed E-state index contributed by atoms with van der Waals surface area (Å²) in [6.45, 7) is 2.78. The van der Waals surface area contributed by atoms with Crippen molar-refractivity contribution >= 4 is 29.9 Å². The first-order valence-electron chi connectivity index (χ1n) is 6.21. The minimum atomic E-state index is -1.10. The van der Waals surface area contributed by atoms with Crippen LogP contribution in [0.3, 0.4) is 0 Å². The third-order valence-corrected chi connectivity index (χ3v) is 3.52. The zero-order chi connectivity index (χ0) is 14.9. The third-order valence-electron chi connectivity index (χ3n) is 3.21. The van der Waals surface area contributed by atoms with Gasteiger partial charge in [-0.1, -0.05) is 11.6 Å². The summed E-state index contributed by atoms with van der Waals surface area (Å²) in [6, 6.07) is 1.38. The molecule has 118 valence electrons. The largest absolute Gasteiger partial charge is 0.373 e. The molecule has 2 rings (SSSR count). The van der Waals surface area contributed by atoms with Crippen LogP contribution in [-0.2, 0) is 4.74 Å². The van der Waals surface area contributed by atoms with Crippen molar-refractivity contribution in [2.24, 2.45) is 5.73 Å². The van der Waals surface area contributed by atoms with E-state index in [1.165, 1.54) is 4.90 Å². The number of amides is 1. The molecule has 0 spiro atoms. The molecule has 8 heteroatoms. The Bertz CT molecular complexity index is 529. The maximum atomic E-state index is 13.2. The van der Waals surface area contributed by atoms with Gasteiger partial charge in [-0.2, -0.15) is 0 Å². The number of halogens is 4. The van der Waals surface area contributed by atoms with Crippen LogP contribution in [0.4, 0.5) is 8.78 Å². The van der Waals surface area contributed by atoms with Gasteiger partial charge in [0.1, 0.15) is 0 Å². The number of carbonyl (C=O) groups excluding carboxylic acids is 1. The molecule has 1 amide bonds. The second kappa shape index (κ2) is 7.35. The van der Waals surface area contributed by atoms with Crippen molar-refractivity contribution < 1.29 is 18.3 Å². The molecule has 21 heavy (non-hydrogen) atoms. The van der Waals surface area contributed by atoms with Gasteiger partial charge in [0, 0.05) is 19.1 Å². The zero-order valence-corrected chi connectivity index (χ0v) is 12.9. The normalized spacial score (nSPS) is 19.9. The smallest absolute Gasteiger partial charge is 0.255 e. The molecule has 1 aromatic rings. The van der Waals surface area contributed by atoms with Crippen LogP contribution in [0, 0.1) is 11.6 Å². The molecule has 1 fully saturated rings. The summed E-state index contributed by atoms with van der Waals surface area (Å²) >= 11 is 5.80. The highest BCUT2D eigenvalue weighted by Gasteiger charge is 2.28. The summed E-state index contributed by atoms with van der Waals surface area (Å²) in [7, 11) is 0. The molecular formula is C13H16Cl2F2N2O2. The molecule has 4 nitrogen and oxygen atoms in total. The molecule has 1 heterocycles. The van der Waals surface area contributed by atoms with Crippen molar-refractivity contribution in [1.29, 1.82) is 0 Å². The van der Waals surface area contributed by atoms with Crippen molar-refractivity contribution in [3.63, 3.8) is 0 Å². The number of hydrogen-bond acceptors (Lipinski definition) is 3. The first-order valence-corrected chi connectivity index (χ1v) is 6.59. The lowest BCUT2D eigenvalue weighted by atomic mass is 10.1. The number of rotatable bonds is 2. The minimum absolute atomic E-state index is 0. The molecule has 0 bridgehead atoms. The van der Waals surface area contributed by atoms with Crippen LogP contribution in [0.2, 0.25) is 5.02 Å². The second-order valence-electron chi connectivity index (χ2n) is 4.77. The van der Waals surface area contributed by atoms with Crippen LogP contribution in [0.25, 0.3) is 0 Å². The molecule has 0 aromatic heterocycles. The Morgan fingerprint density at radius 3 is 2.71 bits per heavy atom. The Morgan fingerprint density at radius 1 is 1.48 bits per heavy atom. The summed E-state index contributed by atoms with van der Waals surface area (Å²) in [5.74, 6) is -2.64. The van der Waals surface area contributed by atoms with E-state index in [-0.39, 0.29) is 35.1 Å². The van der Waals surface area contributed by atoms with Crippen molar-refractivity contribution in [3.05, 3.63) is 34.4 Å². The highest BCUT2D eigenvalue weighted by Crippen LogP contribution is 2.22. The SMILES string of the molecule is CC(N)C1CN(C(=O)c2cc(F)c(F)cc2Cl)CCO1.Cl. The van der Waals surface area contributed by atoms with Gasteiger partial charge in [-0.3, -0.25) is 4.79 Å². The van der Waals surface area contributed by atoms with Gasteiger partial charge in [0.2, 0.25) is 0 Å². The first kappa shape index (κ1) is 18.1. The number of hydrogen-bond donors (Lipinski definition) is 1. The number of benzene rings is 1. The summed E-state index contributed by atoms with van der Waals surface area (Å²) in [5.41, 5.74) is 5.68. The van der Waals surface area contributed by atoms with Gasteiger partial charge in [0.15, 0.2) is 11.6 Å². The maximum absolute atomic E-state index is 13.2. The van der Waals surface area contributed by atoms with E-state index in [0.717, 1.165) is 12.1 Å². The summed E-state index contributed by atoms with van der Waals surface area (Å²) in [4.78, 5) is 13.8. The number of morpholine rings is 1. The quantitative estimate of drug-likeness (QED) is 0.840. The molecule has 2 N–H and O–H groups in total. The van der Waals surface area contributed by atoms with E-state index in [2.05, 4.69) is 0 Å². The Balaban J connectivity index is 0.00000220. The Kier molecular flexibility index (Phi) is 6.34. The molecule has 1 aliphatic rings. The Labute approximate surface area is 132 Å². The van der Waals surface area contributed by atoms with E-state index in [4.69, 9.17) is 22.1 Å². The van der Waals surface area contributed by atoms with Crippen molar-refractivity contribution in [3.8, 4) is 0 Å². The van der Waals surface area contributed by atoms with Gasteiger partial charge in [0.05, 0.1) is 23.3 Å². The zero-order valence-electron chi connectivity index (χ0n) is 11.3. The van der Waals surface area contributed by atoms with Gasteiger partial charge in [-0.25, -0.2) is 8.78 Å². The fourth-order valence-corrected chi connectivity index (χ4v) is 2.27. The van der Waals surface area contributed by atoms with Crippen LogP contribution in [0.1, 0.15) is 17.3 Å². The van der Waals surface area contributed by atoms with Gasteiger partial charge < -0.3 is 15.4 Å². The molecule has 2 unspecified atom stereocenters. The molecule has 0 aliphatic carbocycles. The topological polar surface area (TPSA) is 55.6 Å². The standard InChI is InChI=1S/C13H15ClF2N2O2.ClH/c1-7(17)12-6-18(2-3-20-12)13(19)8-4-10(15)11(16)5-9(8)14;/h4-5,7,12H,2-3,6,17H2,1H3;1H. The van der Waals surface area contributed by atoms with Crippen molar-refractivity contribution in [2.45, 2.75) is 19.1 Å². The predicted octanol–water partition coefficient (Wildman–Crippen LogP) is 2.23. The van der Waals surface area contributed by atoms with E-state index < -0.39 is 17.5 Å². The molecule has 1 aromatic carbocycles. The molecule has 0 radical (unpaired) electrons. The number of carbonyl (C=O) groups is 1. The molecule has 0 saturated carbocycles. The average Bonchev–Trinajstić information content (AvgIpc) is 2.42. The lowest BCUT2D eigenvalue weighted by molar-refractivity contribution is -0.0300. The summed E-state index contributed by atoms with van der Waals surface area (Å²) in [6.07, 6.45) is -0.281. The van der Waals surface area contributed by atoms with E-state index >= 15 is 0 Å². The molecule has 1 aliphatic heterocycles. The fourth-order valence-electron chi connectivity index (χ4n) is 2.03. The molecular weight excluding hydrogens is 325 g/mol. The Hall–Kier alpha value is -0.950. The van der Waals surface area contributed by atoms with Crippen LogP contribution in [0.5, 0.6) is 0 Å². The van der Waals surface area contributed by atoms with Gasteiger partial charge >= 0.3 is 0 Å². The van der Waals surface area contributed by atoms with Crippen LogP contribution in [0.15, 0.2) is 12.1 Å².